The van der Waals surface area contributed by atoms with E-state index >= 15 is 0 Å². The molecular weight excluding hydrogens is 368 g/mol. The van der Waals surface area contributed by atoms with Crippen LogP contribution >= 0.6 is 11.8 Å². The van der Waals surface area contributed by atoms with Gasteiger partial charge in [-0.1, -0.05) is 128 Å². The van der Waals surface area contributed by atoms with Gasteiger partial charge >= 0.3 is 0 Å². The number of hydrogen-bond acceptors (Lipinski definition) is 1. The zero-order valence-electron chi connectivity index (χ0n) is 16.4. The Morgan fingerprint density at radius 3 is 1.38 bits per heavy atom. The molecule has 0 aliphatic carbocycles. The minimum atomic E-state index is -0.277. The third kappa shape index (κ3) is 4.06. The number of hydrogen-bond donors (Lipinski definition) is 0. The SMILES string of the molecule is C=Cc1ccc(CSC(c2ccccc2)(c2ccccc2)c2ccccc2)cc1. The first kappa shape index (κ1) is 19.3. The van der Waals surface area contributed by atoms with Crippen LogP contribution in [0.2, 0.25) is 0 Å². The second-order valence-corrected chi connectivity index (χ2v) is 8.20. The molecule has 0 bridgehead atoms. The molecule has 0 amide bonds. The first-order chi connectivity index (χ1) is 14.3. The second kappa shape index (κ2) is 8.98. The van der Waals surface area contributed by atoms with Crippen LogP contribution in [0, 0.1) is 0 Å². The van der Waals surface area contributed by atoms with Gasteiger partial charge in [0.2, 0.25) is 0 Å². The van der Waals surface area contributed by atoms with E-state index in [9.17, 15) is 0 Å². The van der Waals surface area contributed by atoms with Gasteiger partial charge in [0.05, 0.1) is 4.75 Å². The van der Waals surface area contributed by atoms with Crippen molar-refractivity contribution in [1.82, 2.24) is 0 Å². The van der Waals surface area contributed by atoms with Crippen molar-refractivity contribution >= 4 is 17.8 Å². The van der Waals surface area contributed by atoms with Crippen molar-refractivity contribution in [3.8, 4) is 0 Å². The van der Waals surface area contributed by atoms with Gasteiger partial charge in [0.25, 0.3) is 0 Å². The van der Waals surface area contributed by atoms with E-state index in [4.69, 9.17) is 0 Å². The van der Waals surface area contributed by atoms with Crippen LogP contribution in [0.5, 0.6) is 0 Å². The molecule has 0 unspecified atom stereocenters. The highest BCUT2D eigenvalue weighted by Gasteiger charge is 2.36. The molecule has 0 aromatic heterocycles. The fourth-order valence-electron chi connectivity index (χ4n) is 3.71. The van der Waals surface area contributed by atoms with E-state index in [0.717, 1.165) is 11.3 Å². The van der Waals surface area contributed by atoms with Gasteiger partial charge in [-0.2, -0.15) is 0 Å². The topological polar surface area (TPSA) is 0 Å². The fraction of sp³-hybridized carbons (Fsp3) is 0.0714. The molecule has 142 valence electrons. The van der Waals surface area contributed by atoms with Crippen molar-refractivity contribution in [1.29, 1.82) is 0 Å². The molecule has 1 heteroatoms. The maximum Gasteiger partial charge on any atom is 0.0910 e. The molecule has 0 fully saturated rings. The van der Waals surface area contributed by atoms with Crippen LogP contribution in [-0.4, -0.2) is 0 Å². The number of thioether (sulfide) groups is 1. The van der Waals surface area contributed by atoms with Gasteiger partial charge in [-0.05, 0) is 27.8 Å². The second-order valence-electron chi connectivity index (χ2n) is 7.01. The molecule has 0 aliphatic heterocycles. The lowest BCUT2D eigenvalue weighted by Gasteiger charge is -2.35. The summed E-state index contributed by atoms with van der Waals surface area (Å²) < 4.78 is -0.277. The van der Waals surface area contributed by atoms with E-state index in [-0.39, 0.29) is 4.75 Å². The standard InChI is InChI=1S/C28H24S/c1-2-23-18-20-24(21-19-23)22-29-28(25-12-6-3-7-13-25,26-14-8-4-9-15-26)27-16-10-5-11-17-27/h2-21H,1,22H2. The maximum atomic E-state index is 3.86. The normalized spacial score (nSPS) is 11.2. The Balaban J connectivity index is 1.84. The Labute approximate surface area is 177 Å². The molecule has 0 aliphatic rings. The minimum Gasteiger partial charge on any atom is -0.136 e. The van der Waals surface area contributed by atoms with Crippen LogP contribution in [0.3, 0.4) is 0 Å². The molecule has 0 heterocycles. The molecular formula is C28H24S. The van der Waals surface area contributed by atoms with Crippen LogP contribution in [0.1, 0.15) is 27.8 Å². The van der Waals surface area contributed by atoms with E-state index in [1.165, 1.54) is 22.3 Å². The van der Waals surface area contributed by atoms with Crippen molar-refractivity contribution in [2.24, 2.45) is 0 Å². The Hall–Kier alpha value is -3.03. The van der Waals surface area contributed by atoms with Gasteiger partial charge in [-0.15, -0.1) is 11.8 Å². The summed E-state index contributed by atoms with van der Waals surface area (Å²) in [5, 5.41) is 0. The minimum absolute atomic E-state index is 0.277. The van der Waals surface area contributed by atoms with Crippen LogP contribution in [0.4, 0.5) is 0 Å². The van der Waals surface area contributed by atoms with Crippen LogP contribution in [-0.2, 0) is 10.5 Å². The van der Waals surface area contributed by atoms with Gasteiger partial charge < -0.3 is 0 Å². The predicted octanol–water partition coefficient (Wildman–Crippen LogP) is 7.55. The van der Waals surface area contributed by atoms with E-state index in [2.05, 4.69) is 122 Å². The molecule has 0 atom stereocenters. The summed E-state index contributed by atoms with van der Waals surface area (Å²) in [7, 11) is 0. The highest BCUT2D eigenvalue weighted by molar-refractivity contribution is 7.99. The van der Waals surface area contributed by atoms with E-state index < -0.39 is 0 Å². The van der Waals surface area contributed by atoms with Gasteiger partial charge in [-0.25, -0.2) is 0 Å². The van der Waals surface area contributed by atoms with Crippen molar-refractivity contribution in [3.63, 3.8) is 0 Å². The fourth-order valence-corrected chi connectivity index (χ4v) is 5.19. The molecule has 4 rings (SSSR count). The summed E-state index contributed by atoms with van der Waals surface area (Å²) in [5.74, 6) is 0.913. The molecule has 0 spiro atoms. The molecule has 0 radical (unpaired) electrons. The molecule has 4 aromatic carbocycles. The monoisotopic (exact) mass is 392 g/mol. The third-order valence-electron chi connectivity index (χ3n) is 5.21. The lowest BCUT2D eigenvalue weighted by Crippen LogP contribution is -2.25. The van der Waals surface area contributed by atoms with Gasteiger partial charge in [0.1, 0.15) is 0 Å². The van der Waals surface area contributed by atoms with Crippen molar-refractivity contribution in [2.45, 2.75) is 10.5 Å². The lowest BCUT2D eigenvalue weighted by molar-refractivity contribution is 0.893. The van der Waals surface area contributed by atoms with Gasteiger partial charge in [0, 0.05) is 5.75 Å². The summed E-state index contributed by atoms with van der Waals surface area (Å²) in [5.41, 5.74) is 6.35. The molecule has 29 heavy (non-hydrogen) atoms. The van der Waals surface area contributed by atoms with E-state index in [1.54, 1.807) is 0 Å². The van der Waals surface area contributed by atoms with Crippen molar-refractivity contribution in [3.05, 3.63) is 150 Å². The Morgan fingerprint density at radius 2 is 1.00 bits per heavy atom. The molecule has 0 saturated carbocycles. The summed E-state index contributed by atoms with van der Waals surface area (Å²) in [4.78, 5) is 0. The average molecular weight is 393 g/mol. The largest absolute Gasteiger partial charge is 0.136 e. The van der Waals surface area contributed by atoms with Crippen LogP contribution in [0.25, 0.3) is 6.08 Å². The Kier molecular flexibility index (Phi) is 5.97. The number of rotatable bonds is 7. The highest BCUT2D eigenvalue weighted by atomic mass is 32.2. The Bertz CT molecular complexity index is 939. The van der Waals surface area contributed by atoms with Crippen LogP contribution < -0.4 is 0 Å². The molecule has 0 N–H and O–H groups in total. The molecule has 0 saturated heterocycles. The lowest BCUT2D eigenvalue weighted by atomic mass is 9.84. The van der Waals surface area contributed by atoms with Crippen LogP contribution in [0.15, 0.2) is 122 Å². The highest BCUT2D eigenvalue weighted by Crippen LogP contribution is 2.49. The first-order valence-corrected chi connectivity index (χ1v) is 10.8. The average Bonchev–Trinajstić information content (AvgIpc) is 2.82. The van der Waals surface area contributed by atoms with Crippen molar-refractivity contribution < 1.29 is 0 Å². The molecule has 4 aromatic rings. The van der Waals surface area contributed by atoms with Gasteiger partial charge in [0.15, 0.2) is 0 Å². The number of benzene rings is 4. The summed E-state index contributed by atoms with van der Waals surface area (Å²) in [6, 6.07) is 41.2. The van der Waals surface area contributed by atoms with E-state index in [0.29, 0.717) is 0 Å². The summed E-state index contributed by atoms with van der Waals surface area (Å²) >= 11 is 1.97. The zero-order chi connectivity index (χ0) is 19.9. The maximum absolute atomic E-state index is 3.86. The molecule has 0 nitrogen and oxygen atoms in total. The van der Waals surface area contributed by atoms with Gasteiger partial charge in [-0.3, -0.25) is 0 Å². The third-order valence-corrected chi connectivity index (χ3v) is 6.83. The summed E-state index contributed by atoms with van der Waals surface area (Å²) in [6.45, 7) is 3.86. The zero-order valence-corrected chi connectivity index (χ0v) is 17.2. The predicted molar refractivity (Wildman–Crippen MR) is 127 cm³/mol. The quantitative estimate of drug-likeness (QED) is 0.292. The van der Waals surface area contributed by atoms with E-state index in [1.807, 2.05) is 17.8 Å². The summed E-state index contributed by atoms with van der Waals surface area (Å²) in [6.07, 6.45) is 1.89. The smallest absolute Gasteiger partial charge is 0.0910 e. The first-order valence-electron chi connectivity index (χ1n) is 9.85. The Morgan fingerprint density at radius 1 is 0.586 bits per heavy atom. The van der Waals surface area contributed by atoms with Crippen molar-refractivity contribution in [2.75, 3.05) is 0 Å².